The second kappa shape index (κ2) is 7.78. The summed E-state index contributed by atoms with van der Waals surface area (Å²) < 4.78 is 11.6. The first kappa shape index (κ1) is 15.5. The number of benzene rings is 1. The molecule has 1 aromatic heterocycles. The molecular weight excluding hydrogens is 294 g/mol. The fourth-order valence-electron chi connectivity index (χ4n) is 1.67. The maximum absolute atomic E-state index is 11.8. The molecule has 0 fully saturated rings. The van der Waals surface area contributed by atoms with Crippen molar-refractivity contribution in [1.82, 2.24) is 9.78 Å². The molecule has 0 saturated heterocycles. The van der Waals surface area contributed by atoms with E-state index >= 15 is 0 Å². The first-order chi connectivity index (χ1) is 10.2. The van der Waals surface area contributed by atoms with Gasteiger partial charge in [0.2, 0.25) is 0 Å². The molecule has 0 radical (unpaired) electrons. The van der Waals surface area contributed by atoms with Crippen LogP contribution in [0.1, 0.15) is 0 Å². The Morgan fingerprint density at radius 3 is 2.76 bits per heavy atom. The second-order valence-electron chi connectivity index (χ2n) is 4.20. The van der Waals surface area contributed by atoms with Crippen LogP contribution >= 0.6 is 11.6 Å². The molecule has 1 amide bonds. The molecule has 6 nitrogen and oxygen atoms in total. The molecule has 2 rings (SSSR count). The Hall–Kier alpha value is -1.89. The van der Waals surface area contributed by atoms with Crippen molar-refractivity contribution in [2.75, 3.05) is 32.2 Å². The number of hydrogen-bond acceptors (Lipinski definition) is 4. The summed E-state index contributed by atoms with van der Waals surface area (Å²) in [6.07, 6.45) is 1.61. The van der Waals surface area contributed by atoms with E-state index in [0.29, 0.717) is 24.1 Å². The van der Waals surface area contributed by atoms with Crippen LogP contribution in [0, 0.1) is 0 Å². The van der Waals surface area contributed by atoms with Crippen LogP contribution in [-0.4, -0.2) is 42.6 Å². The number of carbonyl (C=O) groups excluding carboxylic acids is 1. The van der Waals surface area contributed by atoms with Crippen molar-refractivity contribution in [3.63, 3.8) is 0 Å². The van der Waals surface area contributed by atoms with Crippen molar-refractivity contribution in [2.45, 2.75) is 0 Å². The second-order valence-corrected chi connectivity index (χ2v) is 4.63. The molecule has 0 aliphatic rings. The highest BCUT2D eigenvalue weighted by Gasteiger charge is 2.08. The largest absolute Gasteiger partial charge is 0.382 e. The molecule has 2 aromatic rings. The molecule has 0 saturated carbocycles. The van der Waals surface area contributed by atoms with E-state index in [2.05, 4.69) is 10.4 Å². The zero-order valence-corrected chi connectivity index (χ0v) is 12.3. The minimum Gasteiger partial charge on any atom is -0.382 e. The van der Waals surface area contributed by atoms with Gasteiger partial charge in [-0.25, -0.2) is 4.68 Å². The topological polar surface area (TPSA) is 65.4 Å². The van der Waals surface area contributed by atoms with Crippen LogP contribution in [0.3, 0.4) is 0 Å². The predicted octanol–water partition coefficient (Wildman–Crippen LogP) is 2.13. The Balaban J connectivity index is 1.97. The molecule has 0 unspecified atom stereocenters. The third-order valence-electron chi connectivity index (χ3n) is 2.65. The lowest BCUT2D eigenvalue weighted by atomic mass is 10.3. The summed E-state index contributed by atoms with van der Waals surface area (Å²) in [5.74, 6) is 0.319. The molecule has 7 heteroatoms. The first-order valence-electron chi connectivity index (χ1n) is 6.37. The number of amides is 1. The number of ether oxygens (including phenoxy) is 2. The van der Waals surface area contributed by atoms with Crippen molar-refractivity contribution in [3.05, 3.63) is 41.6 Å². The van der Waals surface area contributed by atoms with Crippen LogP contribution in [0.2, 0.25) is 5.02 Å². The highest BCUT2D eigenvalue weighted by molar-refractivity contribution is 6.30. The molecule has 0 aliphatic carbocycles. The predicted molar refractivity (Wildman–Crippen MR) is 79.9 cm³/mol. The van der Waals surface area contributed by atoms with Crippen LogP contribution in [-0.2, 0) is 14.3 Å². The normalized spacial score (nSPS) is 10.6. The van der Waals surface area contributed by atoms with Crippen molar-refractivity contribution >= 4 is 23.3 Å². The molecular formula is C14H16ClN3O3. The molecule has 1 N–H and O–H groups in total. The number of nitrogens with zero attached hydrogens (tertiary/aromatic N) is 2. The van der Waals surface area contributed by atoms with Gasteiger partial charge in [0.25, 0.3) is 5.91 Å². The maximum Gasteiger partial charge on any atom is 0.251 e. The van der Waals surface area contributed by atoms with Gasteiger partial charge in [-0.3, -0.25) is 4.79 Å². The third kappa shape index (κ3) is 4.56. The van der Waals surface area contributed by atoms with Gasteiger partial charge in [0, 0.05) is 18.2 Å². The fraction of sp³-hybridized carbons (Fsp3) is 0.286. The van der Waals surface area contributed by atoms with Gasteiger partial charge in [-0.2, -0.15) is 5.10 Å². The van der Waals surface area contributed by atoms with E-state index in [9.17, 15) is 4.79 Å². The Morgan fingerprint density at radius 1 is 1.29 bits per heavy atom. The fourth-order valence-corrected chi connectivity index (χ4v) is 1.80. The number of aromatic nitrogens is 2. The number of rotatable bonds is 7. The van der Waals surface area contributed by atoms with Gasteiger partial charge < -0.3 is 14.8 Å². The van der Waals surface area contributed by atoms with Gasteiger partial charge in [-0.05, 0) is 24.3 Å². The minimum atomic E-state index is -0.248. The Bertz CT molecular complexity index is 583. The molecule has 0 bridgehead atoms. The third-order valence-corrected chi connectivity index (χ3v) is 2.90. The summed E-state index contributed by atoms with van der Waals surface area (Å²) >= 11 is 5.85. The Kier molecular flexibility index (Phi) is 5.74. The van der Waals surface area contributed by atoms with Crippen molar-refractivity contribution < 1.29 is 14.3 Å². The summed E-state index contributed by atoms with van der Waals surface area (Å²) in [4.78, 5) is 11.8. The average Bonchev–Trinajstić information content (AvgIpc) is 2.92. The number of methoxy groups -OCH3 is 1. The molecule has 21 heavy (non-hydrogen) atoms. The summed E-state index contributed by atoms with van der Waals surface area (Å²) in [6.45, 7) is 0.797. The van der Waals surface area contributed by atoms with E-state index in [-0.39, 0.29) is 12.5 Å². The highest BCUT2D eigenvalue weighted by Crippen LogP contribution is 2.17. The van der Waals surface area contributed by atoms with Crippen LogP contribution in [0.4, 0.5) is 5.82 Å². The van der Waals surface area contributed by atoms with Crippen LogP contribution < -0.4 is 5.32 Å². The van der Waals surface area contributed by atoms with E-state index in [1.165, 1.54) is 0 Å². The quantitative estimate of drug-likeness (QED) is 0.796. The Labute approximate surface area is 127 Å². The molecule has 0 aliphatic heterocycles. The first-order valence-corrected chi connectivity index (χ1v) is 6.75. The molecule has 1 heterocycles. The lowest BCUT2D eigenvalue weighted by Crippen LogP contribution is -2.21. The summed E-state index contributed by atoms with van der Waals surface area (Å²) in [6, 6.07) is 8.87. The lowest BCUT2D eigenvalue weighted by molar-refractivity contribution is -0.121. The van der Waals surface area contributed by atoms with Crippen molar-refractivity contribution in [1.29, 1.82) is 0 Å². The molecule has 0 spiro atoms. The zero-order chi connectivity index (χ0) is 15.1. The van der Waals surface area contributed by atoms with Crippen LogP contribution in [0.5, 0.6) is 0 Å². The highest BCUT2D eigenvalue weighted by atomic mass is 35.5. The maximum atomic E-state index is 11.8. The number of hydrogen-bond donors (Lipinski definition) is 1. The van der Waals surface area contributed by atoms with Gasteiger partial charge in [0.05, 0.1) is 25.1 Å². The van der Waals surface area contributed by atoms with Gasteiger partial charge in [0.1, 0.15) is 12.4 Å². The van der Waals surface area contributed by atoms with E-state index in [4.69, 9.17) is 21.1 Å². The van der Waals surface area contributed by atoms with Crippen molar-refractivity contribution in [3.8, 4) is 5.69 Å². The minimum absolute atomic E-state index is 0.0326. The number of halogens is 1. The van der Waals surface area contributed by atoms with Gasteiger partial charge in [-0.15, -0.1) is 0 Å². The van der Waals surface area contributed by atoms with E-state index in [0.717, 1.165) is 5.69 Å². The van der Waals surface area contributed by atoms with Crippen LogP contribution in [0.25, 0.3) is 5.69 Å². The smallest absolute Gasteiger partial charge is 0.251 e. The standard InChI is InChI=1S/C14H16ClN3O3/c1-20-8-9-21-10-14(19)17-13-6-7-16-18(13)12-4-2-11(15)3-5-12/h2-7H,8-10H2,1H3,(H,17,19). The van der Waals surface area contributed by atoms with Gasteiger partial charge >= 0.3 is 0 Å². The lowest BCUT2D eigenvalue weighted by Gasteiger charge is -2.09. The summed E-state index contributed by atoms with van der Waals surface area (Å²) in [5.41, 5.74) is 0.806. The number of nitrogens with one attached hydrogen (secondary N) is 1. The monoisotopic (exact) mass is 309 g/mol. The van der Waals surface area contributed by atoms with Crippen molar-refractivity contribution in [2.24, 2.45) is 0 Å². The SMILES string of the molecule is COCCOCC(=O)Nc1ccnn1-c1ccc(Cl)cc1. The summed E-state index contributed by atoms with van der Waals surface area (Å²) in [5, 5.41) is 7.56. The average molecular weight is 310 g/mol. The molecule has 0 atom stereocenters. The van der Waals surface area contributed by atoms with E-state index < -0.39 is 0 Å². The van der Waals surface area contributed by atoms with E-state index in [1.807, 2.05) is 12.1 Å². The number of anilines is 1. The van der Waals surface area contributed by atoms with Crippen LogP contribution in [0.15, 0.2) is 36.5 Å². The molecule has 112 valence electrons. The Morgan fingerprint density at radius 2 is 2.05 bits per heavy atom. The van der Waals surface area contributed by atoms with Gasteiger partial charge in [0.15, 0.2) is 0 Å². The molecule has 1 aromatic carbocycles. The summed E-state index contributed by atoms with van der Waals surface area (Å²) in [7, 11) is 1.58. The zero-order valence-electron chi connectivity index (χ0n) is 11.6. The van der Waals surface area contributed by atoms with E-state index in [1.54, 1.807) is 36.2 Å². The number of carbonyl (C=O) groups is 1. The van der Waals surface area contributed by atoms with Gasteiger partial charge in [-0.1, -0.05) is 11.6 Å².